The van der Waals surface area contributed by atoms with E-state index in [1.54, 1.807) is 26.8 Å². The van der Waals surface area contributed by atoms with E-state index in [0.717, 1.165) is 0 Å². The molecule has 0 saturated heterocycles. The van der Waals surface area contributed by atoms with Gasteiger partial charge in [0.05, 0.1) is 25.3 Å². The molecule has 1 N–H and O–H groups in total. The molecule has 1 aliphatic rings. The van der Waals surface area contributed by atoms with Crippen LogP contribution in [0.5, 0.6) is 11.5 Å². The van der Waals surface area contributed by atoms with Crippen molar-refractivity contribution in [2.24, 2.45) is 0 Å². The van der Waals surface area contributed by atoms with E-state index in [2.05, 4.69) is 0 Å². The molecule has 1 aliphatic carbocycles. The average Bonchev–Trinajstić information content (AvgIpc) is 2.68. The lowest BCUT2D eigenvalue weighted by atomic mass is 9.79. The van der Waals surface area contributed by atoms with Crippen LogP contribution in [0.4, 0.5) is 0 Å². The summed E-state index contributed by atoms with van der Waals surface area (Å²) >= 11 is 0. The van der Waals surface area contributed by atoms with Crippen LogP contribution in [-0.2, 0) is 4.74 Å². The Bertz CT molecular complexity index is 1110. The average molecular weight is 412 g/mol. The van der Waals surface area contributed by atoms with Crippen molar-refractivity contribution in [3.8, 4) is 11.5 Å². The van der Waals surface area contributed by atoms with E-state index in [9.17, 15) is 24.3 Å². The zero-order valence-corrected chi connectivity index (χ0v) is 17.1. The van der Waals surface area contributed by atoms with Gasteiger partial charge in [-0.1, -0.05) is 12.1 Å². The Labute approximate surface area is 172 Å². The van der Waals surface area contributed by atoms with E-state index in [-0.39, 0.29) is 28.2 Å². The van der Waals surface area contributed by atoms with Crippen LogP contribution in [0.2, 0.25) is 0 Å². The molecule has 0 fully saturated rings. The number of methoxy groups -OCH3 is 2. The number of ether oxygens (including phenoxy) is 3. The van der Waals surface area contributed by atoms with Gasteiger partial charge >= 0.3 is 11.9 Å². The number of ketones is 2. The summed E-state index contributed by atoms with van der Waals surface area (Å²) in [6, 6.07) is 5.70. The summed E-state index contributed by atoms with van der Waals surface area (Å²) in [5.41, 5.74) is -2.54. The van der Waals surface area contributed by atoms with Crippen molar-refractivity contribution in [2.45, 2.75) is 26.4 Å². The standard InChI is InChI=1S/C22H20O8/c1-22(2,3)30-21(27)16-13(29-5)9-11-15(17(16)20(25)26)19(24)14-10(18(11)23)7-6-8-12(14)28-4/h6-9H,1-5H3,(H,25,26). The highest BCUT2D eigenvalue weighted by atomic mass is 16.6. The molecule has 0 amide bonds. The number of hydrogen-bond acceptors (Lipinski definition) is 7. The summed E-state index contributed by atoms with van der Waals surface area (Å²) in [6.07, 6.45) is 0. The molecule has 0 unspecified atom stereocenters. The highest BCUT2D eigenvalue weighted by Gasteiger charge is 2.40. The van der Waals surface area contributed by atoms with Crippen LogP contribution in [0.1, 0.15) is 73.3 Å². The SMILES string of the molecule is COc1cccc2c1C(=O)c1c(cc(OC)c(C(=O)OC(C)(C)C)c1C(=O)O)C2=O. The van der Waals surface area contributed by atoms with E-state index in [0.29, 0.717) is 0 Å². The van der Waals surface area contributed by atoms with E-state index in [1.807, 2.05) is 0 Å². The van der Waals surface area contributed by atoms with E-state index in [4.69, 9.17) is 14.2 Å². The lowest BCUT2D eigenvalue weighted by molar-refractivity contribution is 0.00624. The number of benzene rings is 2. The second-order valence-corrected chi connectivity index (χ2v) is 7.60. The third-order valence-electron chi connectivity index (χ3n) is 4.52. The predicted molar refractivity (Wildman–Crippen MR) is 105 cm³/mol. The first-order valence-electron chi connectivity index (χ1n) is 8.99. The number of esters is 1. The van der Waals surface area contributed by atoms with Crippen molar-refractivity contribution < 1.29 is 38.5 Å². The summed E-state index contributed by atoms with van der Waals surface area (Å²) in [7, 11) is 2.56. The zero-order valence-electron chi connectivity index (χ0n) is 17.1. The predicted octanol–water partition coefficient (Wildman–Crippen LogP) is 3.13. The van der Waals surface area contributed by atoms with Crippen LogP contribution in [0.15, 0.2) is 24.3 Å². The first-order valence-corrected chi connectivity index (χ1v) is 8.99. The van der Waals surface area contributed by atoms with Gasteiger partial charge in [-0.25, -0.2) is 9.59 Å². The molecule has 0 aliphatic heterocycles. The molecule has 156 valence electrons. The van der Waals surface area contributed by atoms with Gasteiger partial charge in [0.15, 0.2) is 11.6 Å². The molecular formula is C22H20O8. The fourth-order valence-corrected chi connectivity index (χ4v) is 3.37. The quantitative estimate of drug-likeness (QED) is 0.650. The zero-order chi connectivity index (χ0) is 22.4. The number of fused-ring (bicyclic) bond motifs is 2. The molecule has 0 bridgehead atoms. The van der Waals surface area contributed by atoms with Crippen LogP contribution in [-0.4, -0.2) is 48.4 Å². The van der Waals surface area contributed by atoms with E-state index >= 15 is 0 Å². The van der Waals surface area contributed by atoms with Crippen LogP contribution in [0, 0.1) is 0 Å². The molecule has 0 radical (unpaired) electrons. The van der Waals surface area contributed by atoms with Crippen molar-refractivity contribution >= 4 is 23.5 Å². The molecular weight excluding hydrogens is 392 g/mol. The highest BCUT2D eigenvalue weighted by Crippen LogP contribution is 2.39. The van der Waals surface area contributed by atoms with Crippen LogP contribution >= 0.6 is 0 Å². The van der Waals surface area contributed by atoms with Crippen LogP contribution < -0.4 is 9.47 Å². The van der Waals surface area contributed by atoms with Gasteiger partial charge in [-0.2, -0.15) is 0 Å². The van der Waals surface area contributed by atoms with Gasteiger partial charge in [0.2, 0.25) is 0 Å². The Kier molecular flexibility index (Phi) is 5.11. The monoisotopic (exact) mass is 412 g/mol. The molecule has 30 heavy (non-hydrogen) atoms. The maximum absolute atomic E-state index is 13.3. The topological polar surface area (TPSA) is 116 Å². The molecule has 0 spiro atoms. The van der Waals surface area contributed by atoms with Crippen molar-refractivity contribution in [3.63, 3.8) is 0 Å². The number of carbonyl (C=O) groups is 4. The first-order chi connectivity index (χ1) is 14.0. The van der Waals surface area contributed by atoms with Gasteiger partial charge in [0.1, 0.15) is 22.7 Å². The second kappa shape index (κ2) is 7.29. The van der Waals surface area contributed by atoms with Gasteiger partial charge in [-0.05, 0) is 32.9 Å². The molecule has 2 aromatic rings. The number of carboxylic acids is 1. The normalized spacial score (nSPS) is 12.7. The Hall–Kier alpha value is -3.68. The Morgan fingerprint density at radius 2 is 1.50 bits per heavy atom. The van der Waals surface area contributed by atoms with Gasteiger partial charge < -0.3 is 19.3 Å². The second-order valence-electron chi connectivity index (χ2n) is 7.60. The Morgan fingerprint density at radius 1 is 0.867 bits per heavy atom. The molecule has 3 rings (SSSR count). The smallest absolute Gasteiger partial charge is 0.343 e. The lowest BCUT2D eigenvalue weighted by Gasteiger charge is -2.25. The van der Waals surface area contributed by atoms with E-state index in [1.165, 1.54) is 32.4 Å². The third-order valence-corrected chi connectivity index (χ3v) is 4.52. The van der Waals surface area contributed by atoms with Crippen molar-refractivity contribution in [1.29, 1.82) is 0 Å². The maximum atomic E-state index is 13.3. The number of aromatic carboxylic acids is 1. The number of carbonyl (C=O) groups excluding carboxylic acids is 3. The van der Waals surface area contributed by atoms with Crippen LogP contribution in [0.25, 0.3) is 0 Å². The summed E-state index contributed by atoms with van der Waals surface area (Å²) in [5, 5.41) is 9.91. The summed E-state index contributed by atoms with van der Waals surface area (Å²) in [4.78, 5) is 51.4. The molecule has 0 atom stereocenters. The Morgan fingerprint density at radius 3 is 2.03 bits per heavy atom. The maximum Gasteiger partial charge on any atom is 0.343 e. The molecule has 0 aromatic heterocycles. The molecule has 2 aromatic carbocycles. The van der Waals surface area contributed by atoms with Crippen LogP contribution in [0.3, 0.4) is 0 Å². The first kappa shape index (κ1) is 21.0. The highest BCUT2D eigenvalue weighted by molar-refractivity contribution is 6.32. The summed E-state index contributed by atoms with van der Waals surface area (Å²) in [5.74, 6) is -3.90. The Balaban J connectivity index is 2.39. The minimum atomic E-state index is -1.56. The fraction of sp³-hybridized carbons (Fsp3) is 0.273. The lowest BCUT2D eigenvalue weighted by Crippen LogP contribution is -2.29. The van der Waals surface area contributed by atoms with Crippen molar-refractivity contribution in [3.05, 3.63) is 57.6 Å². The molecule has 8 nitrogen and oxygen atoms in total. The van der Waals surface area contributed by atoms with Gasteiger partial charge in [-0.15, -0.1) is 0 Å². The number of rotatable bonds is 4. The minimum Gasteiger partial charge on any atom is -0.496 e. The van der Waals surface area contributed by atoms with E-state index < -0.39 is 45.8 Å². The van der Waals surface area contributed by atoms with Crippen molar-refractivity contribution in [2.75, 3.05) is 14.2 Å². The number of carboxylic acid groups (broad SMARTS) is 1. The molecule has 0 saturated carbocycles. The molecule has 8 heteroatoms. The van der Waals surface area contributed by atoms with Gasteiger partial charge in [0, 0.05) is 16.7 Å². The largest absolute Gasteiger partial charge is 0.496 e. The fourth-order valence-electron chi connectivity index (χ4n) is 3.37. The minimum absolute atomic E-state index is 0.0553. The summed E-state index contributed by atoms with van der Waals surface area (Å²) in [6.45, 7) is 4.85. The van der Waals surface area contributed by atoms with Crippen molar-refractivity contribution in [1.82, 2.24) is 0 Å². The number of hydrogen-bond donors (Lipinski definition) is 1. The van der Waals surface area contributed by atoms with Gasteiger partial charge in [-0.3, -0.25) is 9.59 Å². The summed E-state index contributed by atoms with van der Waals surface area (Å²) < 4.78 is 15.7. The third kappa shape index (κ3) is 3.30. The van der Waals surface area contributed by atoms with Gasteiger partial charge in [0.25, 0.3) is 0 Å². The molecule has 0 heterocycles.